The van der Waals surface area contributed by atoms with Crippen LogP contribution in [0.2, 0.25) is 0 Å². The summed E-state index contributed by atoms with van der Waals surface area (Å²) < 4.78 is 2.15. The minimum Gasteiger partial charge on any atom is -0.326 e. The monoisotopic (exact) mass is 265 g/mol. The number of hydrogen-bond donors (Lipinski definition) is 1. The molecule has 3 heteroatoms. The predicted octanol–water partition coefficient (Wildman–Crippen LogP) is 3.61. The summed E-state index contributed by atoms with van der Waals surface area (Å²) in [5.41, 5.74) is 11.0. The highest BCUT2D eigenvalue weighted by atomic mass is 15.1. The fourth-order valence-corrected chi connectivity index (χ4v) is 2.54. The zero-order chi connectivity index (χ0) is 14.1. The van der Waals surface area contributed by atoms with E-state index in [4.69, 9.17) is 5.73 Å². The van der Waals surface area contributed by atoms with Crippen LogP contribution in [0, 0.1) is 6.92 Å². The van der Waals surface area contributed by atoms with Crippen molar-refractivity contribution in [1.29, 1.82) is 0 Å². The van der Waals surface area contributed by atoms with Gasteiger partial charge in [-0.05, 0) is 31.5 Å². The maximum Gasteiger partial charge on any atom is 0.0961 e. The number of para-hydroxylation sites is 2. The smallest absolute Gasteiger partial charge is 0.0961 e. The molecule has 0 saturated heterocycles. The van der Waals surface area contributed by atoms with Crippen LogP contribution in [0.1, 0.15) is 30.1 Å². The summed E-state index contributed by atoms with van der Waals surface area (Å²) >= 11 is 0. The van der Waals surface area contributed by atoms with Crippen LogP contribution in [-0.2, 0) is 0 Å². The van der Waals surface area contributed by atoms with Crippen molar-refractivity contribution in [3.8, 4) is 0 Å². The minimum absolute atomic E-state index is 0.0480. The van der Waals surface area contributed by atoms with Gasteiger partial charge in [0.2, 0.25) is 0 Å². The van der Waals surface area contributed by atoms with Gasteiger partial charge in [-0.3, -0.25) is 0 Å². The fourth-order valence-electron chi connectivity index (χ4n) is 2.54. The highest BCUT2D eigenvalue weighted by molar-refractivity contribution is 5.75. The number of nitrogens with zero attached hydrogens (tertiary/aromatic N) is 2. The lowest BCUT2D eigenvalue weighted by Crippen LogP contribution is -2.22. The summed E-state index contributed by atoms with van der Waals surface area (Å²) in [6, 6.07) is 16.7. The first-order valence-electron chi connectivity index (χ1n) is 6.90. The molecule has 3 aromatic rings. The van der Waals surface area contributed by atoms with E-state index < -0.39 is 0 Å². The molecule has 0 aliphatic carbocycles. The van der Waals surface area contributed by atoms with Gasteiger partial charge in [-0.15, -0.1) is 0 Å². The Hall–Kier alpha value is -2.13. The van der Waals surface area contributed by atoms with Gasteiger partial charge in [0.25, 0.3) is 0 Å². The molecule has 0 saturated carbocycles. The molecule has 0 amide bonds. The summed E-state index contributed by atoms with van der Waals surface area (Å²) in [7, 11) is 0. The van der Waals surface area contributed by atoms with Crippen LogP contribution in [0.25, 0.3) is 11.0 Å². The van der Waals surface area contributed by atoms with Crippen molar-refractivity contribution in [2.24, 2.45) is 5.73 Å². The molecule has 2 aromatic carbocycles. The Morgan fingerprint density at radius 1 is 1.05 bits per heavy atom. The van der Waals surface area contributed by atoms with Gasteiger partial charge < -0.3 is 10.3 Å². The Labute approximate surface area is 119 Å². The average molecular weight is 265 g/mol. The Bertz CT molecular complexity index is 712. The van der Waals surface area contributed by atoms with Crippen LogP contribution in [0.15, 0.2) is 54.9 Å². The third kappa shape index (κ3) is 2.21. The van der Waals surface area contributed by atoms with Gasteiger partial charge in [0.1, 0.15) is 0 Å². The van der Waals surface area contributed by atoms with E-state index in [1.807, 2.05) is 24.5 Å². The van der Waals surface area contributed by atoms with Crippen LogP contribution in [-0.4, -0.2) is 9.55 Å². The first-order chi connectivity index (χ1) is 9.66. The molecule has 20 heavy (non-hydrogen) atoms. The zero-order valence-corrected chi connectivity index (χ0v) is 11.8. The molecule has 2 N–H and O–H groups in total. The summed E-state index contributed by atoms with van der Waals surface area (Å²) in [4.78, 5) is 4.44. The third-order valence-corrected chi connectivity index (χ3v) is 3.90. The highest BCUT2D eigenvalue weighted by Crippen LogP contribution is 2.27. The van der Waals surface area contributed by atoms with Crippen molar-refractivity contribution in [3.63, 3.8) is 0 Å². The van der Waals surface area contributed by atoms with Crippen LogP contribution in [0.3, 0.4) is 0 Å². The fraction of sp³-hybridized carbons (Fsp3) is 0.235. The van der Waals surface area contributed by atoms with Gasteiger partial charge in [0.05, 0.1) is 29.4 Å². The van der Waals surface area contributed by atoms with E-state index in [0.717, 1.165) is 16.6 Å². The molecule has 1 aromatic heterocycles. The lowest BCUT2D eigenvalue weighted by atomic mass is 10.00. The third-order valence-electron chi connectivity index (χ3n) is 3.90. The Morgan fingerprint density at radius 2 is 1.75 bits per heavy atom. The van der Waals surface area contributed by atoms with E-state index in [2.05, 4.69) is 53.7 Å². The van der Waals surface area contributed by atoms with Crippen molar-refractivity contribution < 1.29 is 0 Å². The summed E-state index contributed by atoms with van der Waals surface area (Å²) in [6.07, 6.45) is 1.88. The van der Waals surface area contributed by atoms with E-state index in [0.29, 0.717) is 0 Å². The molecular formula is C17H19N3. The van der Waals surface area contributed by atoms with E-state index in [1.165, 1.54) is 5.56 Å². The number of aromatic nitrogens is 2. The van der Waals surface area contributed by atoms with Gasteiger partial charge in [-0.2, -0.15) is 0 Å². The van der Waals surface area contributed by atoms with Crippen molar-refractivity contribution in [2.45, 2.75) is 25.9 Å². The summed E-state index contributed by atoms with van der Waals surface area (Å²) in [5, 5.41) is 0. The van der Waals surface area contributed by atoms with E-state index in [-0.39, 0.29) is 12.1 Å². The first-order valence-corrected chi connectivity index (χ1v) is 6.90. The molecule has 0 radical (unpaired) electrons. The molecule has 0 aliphatic heterocycles. The zero-order valence-electron chi connectivity index (χ0n) is 11.8. The molecule has 1 heterocycles. The number of aryl methyl sites for hydroxylation is 1. The molecule has 0 spiro atoms. The van der Waals surface area contributed by atoms with Crippen molar-refractivity contribution in [1.82, 2.24) is 9.55 Å². The molecular weight excluding hydrogens is 246 g/mol. The summed E-state index contributed by atoms with van der Waals surface area (Å²) in [5.74, 6) is 0. The van der Waals surface area contributed by atoms with Gasteiger partial charge in [0.15, 0.2) is 0 Å². The van der Waals surface area contributed by atoms with Crippen molar-refractivity contribution in [2.75, 3.05) is 0 Å². The molecule has 0 bridgehead atoms. The lowest BCUT2D eigenvalue weighted by Gasteiger charge is -2.22. The molecule has 3 nitrogen and oxygen atoms in total. The molecule has 2 unspecified atom stereocenters. The molecule has 3 rings (SSSR count). The lowest BCUT2D eigenvalue weighted by molar-refractivity contribution is 0.463. The largest absolute Gasteiger partial charge is 0.326 e. The van der Waals surface area contributed by atoms with Crippen LogP contribution in [0.5, 0.6) is 0 Å². The second kappa shape index (κ2) is 5.10. The number of fused-ring (bicyclic) bond motifs is 1. The number of nitrogens with two attached hydrogens (primary N) is 1. The maximum absolute atomic E-state index is 6.42. The average Bonchev–Trinajstić information content (AvgIpc) is 2.90. The van der Waals surface area contributed by atoms with Gasteiger partial charge >= 0.3 is 0 Å². The number of hydrogen-bond acceptors (Lipinski definition) is 2. The molecule has 2 atom stereocenters. The van der Waals surface area contributed by atoms with Gasteiger partial charge in [-0.25, -0.2) is 4.98 Å². The quantitative estimate of drug-likeness (QED) is 0.786. The number of imidazole rings is 1. The maximum atomic E-state index is 6.42. The summed E-state index contributed by atoms with van der Waals surface area (Å²) in [6.45, 7) is 4.22. The Kier molecular flexibility index (Phi) is 3.28. The highest BCUT2D eigenvalue weighted by Gasteiger charge is 2.18. The molecule has 0 aliphatic rings. The van der Waals surface area contributed by atoms with E-state index in [9.17, 15) is 0 Å². The SMILES string of the molecule is Cc1ccc(C(N)C(C)n2cnc3ccccc32)cc1. The van der Waals surface area contributed by atoms with E-state index >= 15 is 0 Å². The minimum atomic E-state index is -0.0480. The molecule has 102 valence electrons. The second-order valence-corrected chi connectivity index (χ2v) is 5.32. The van der Waals surface area contributed by atoms with Crippen molar-refractivity contribution >= 4 is 11.0 Å². The number of benzene rings is 2. The van der Waals surface area contributed by atoms with Gasteiger partial charge in [-0.1, -0.05) is 42.0 Å². The van der Waals surface area contributed by atoms with Crippen molar-refractivity contribution in [3.05, 3.63) is 66.0 Å². The topological polar surface area (TPSA) is 43.8 Å². The Balaban J connectivity index is 1.95. The van der Waals surface area contributed by atoms with Crippen LogP contribution < -0.4 is 5.73 Å². The predicted molar refractivity (Wildman–Crippen MR) is 82.6 cm³/mol. The molecule has 0 fully saturated rings. The normalized spacial score (nSPS) is 14.3. The van der Waals surface area contributed by atoms with Crippen LogP contribution in [0.4, 0.5) is 0 Å². The van der Waals surface area contributed by atoms with E-state index in [1.54, 1.807) is 0 Å². The standard InChI is InChI=1S/C17H19N3/c1-12-7-9-14(10-8-12)17(18)13(2)20-11-19-15-5-3-4-6-16(15)20/h3-11,13,17H,18H2,1-2H3. The Morgan fingerprint density at radius 3 is 2.50 bits per heavy atom. The van der Waals surface area contributed by atoms with Gasteiger partial charge in [0, 0.05) is 0 Å². The first kappa shape index (κ1) is 12.9. The van der Waals surface area contributed by atoms with Crippen LogP contribution >= 0.6 is 0 Å². The number of rotatable bonds is 3. The second-order valence-electron chi connectivity index (χ2n) is 5.32.